The van der Waals surface area contributed by atoms with Gasteiger partial charge in [-0.2, -0.15) is 4.31 Å². The Bertz CT molecular complexity index is 1300. The molecule has 0 atom stereocenters. The first-order valence-electron chi connectivity index (χ1n) is 11.4. The number of aromatic nitrogens is 1. The van der Waals surface area contributed by atoms with Crippen LogP contribution in [0.2, 0.25) is 5.02 Å². The fraction of sp³-hybridized carbons (Fsp3) is 0.308. The zero-order chi connectivity index (χ0) is 25.0. The average Bonchev–Trinajstić information content (AvgIpc) is 2.87. The van der Waals surface area contributed by atoms with Crippen LogP contribution in [0.5, 0.6) is 5.75 Å². The minimum absolute atomic E-state index is 0.0101. The maximum absolute atomic E-state index is 13.1. The van der Waals surface area contributed by atoms with Crippen LogP contribution in [0.3, 0.4) is 0 Å². The second-order valence-corrected chi connectivity index (χ2v) is 10.9. The number of carbonyl (C=O) groups excluding carboxylic acids is 1. The van der Waals surface area contributed by atoms with Crippen LogP contribution in [0, 0.1) is 6.92 Å². The van der Waals surface area contributed by atoms with Crippen molar-refractivity contribution in [1.82, 2.24) is 14.6 Å². The molecular formula is C26H28ClN3O4S. The van der Waals surface area contributed by atoms with E-state index in [1.54, 1.807) is 25.3 Å². The van der Waals surface area contributed by atoms with Gasteiger partial charge in [0.15, 0.2) is 0 Å². The van der Waals surface area contributed by atoms with E-state index in [4.69, 9.17) is 21.3 Å². The highest BCUT2D eigenvalue weighted by atomic mass is 35.5. The second kappa shape index (κ2) is 10.8. The molecule has 2 aromatic carbocycles. The van der Waals surface area contributed by atoms with Gasteiger partial charge in [0.25, 0.3) is 5.91 Å². The van der Waals surface area contributed by atoms with E-state index >= 15 is 0 Å². The lowest BCUT2D eigenvalue weighted by molar-refractivity contribution is 0.0948. The number of nitrogens with zero attached hydrogens (tertiary/aromatic N) is 2. The lowest BCUT2D eigenvalue weighted by atomic mass is 9.90. The molecular weight excluding hydrogens is 486 g/mol. The van der Waals surface area contributed by atoms with Gasteiger partial charge in [0.05, 0.1) is 23.3 Å². The fourth-order valence-corrected chi connectivity index (χ4v) is 5.86. The molecule has 1 fully saturated rings. The van der Waals surface area contributed by atoms with E-state index in [9.17, 15) is 13.2 Å². The van der Waals surface area contributed by atoms with E-state index in [-0.39, 0.29) is 16.7 Å². The van der Waals surface area contributed by atoms with Gasteiger partial charge < -0.3 is 10.1 Å². The number of hydrogen-bond donors (Lipinski definition) is 1. The molecule has 1 aliphatic heterocycles. The van der Waals surface area contributed by atoms with Crippen LogP contribution in [0.4, 0.5) is 0 Å². The fourth-order valence-electron chi connectivity index (χ4n) is 4.27. The number of piperidine rings is 1. The number of aryl methyl sites for hydroxylation is 1. The summed E-state index contributed by atoms with van der Waals surface area (Å²) in [6.07, 6.45) is 1.17. The number of benzene rings is 2. The number of halogens is 1. The molecule has 0 saturated carbocycles. The summed E-state index contributed by atoms with van der Waals surface area (Å²) < 4.78 is 32.8. The van der Waals surface area contributed by atoms with Crippen molar-refractivity contribution < 1.29 is 17.9 Å². The molecule has 1 amide bonds. The Morgan fingerprint density at radius 1 is 1.11 bits per heavy atom. The Morgan fingerprint density at radius 3 is 2.51 bits per heavy atom. The summed E-state index contributed by atoms with van der Waals surface area (Å²) in [7, 11) is -1.99. The number of carbonyl (C=O) groups is 1. The summed E-state index contributed by atoms with van der Waals surface area (Å²) in [4.78, 5) is 18.0. The monoisotopic (exact) mass is 513 g/mol. The Labute approximate surface area is 211 Å². The van der Waals surface area contributed by atoms with Gasteiger partial charge in [-0.1, -0.05) is 23.7 Å². The predicted molar refractivity (Wildman–Crippen MR) is 135 cm³/mol. The highest BCUT2D eigenvalue weighted by Gasteiger charge is 2.32. The summed E-state index contributed by atoms with van der Waals surface area (Å²) in [5, 5.41) is 3.46. The number of rotatable bonds is 7. The first kappa shape index (κ1) is 25.2. The third-order valence-electron chi connectivity index (χ3n) is 6.19. The van der Waals surface area contributed by atoms with Crippen LogP contribution in [-0.4, -0.2) is 43.8 Å². The molecule has 0 radical (unpaired) electrons. The maximum Gasteiger partial charge on any atom is 0.253 e. The van der Waals surface area contributed by atoms with Crippen LogP contribution >= 0.6 is 11.6 Å². The third-order valence-corrected chi connectivity index (χ3v) is 8.35. The molecule has 1 N–H and O–H groups in total. The molecule has 7 nitrogen and oxygen atoms in total. The van der Waals surface area contributed by atoms with Crippen molar-refractivity contribution in [1.29, 1.82) is 0 Å². The largest absolute Gasteiger partial charge is 0.497 e. The van der Waals surface area contributed by atoms with Crippen LogP contribution in [0.1, 0.15) is 46.1 Å². The zero-order valence-electron chi connectivity index (χ0n) is 19.7. The number of amides is 1. The van der Waals surface area contributed by atoms with Gasteiger partial charge in [-0.25, -0.2) is 8.42 Å². The molecule has 3 aromatic rings. The molecule has 0 unspecified atom stereocenters. The van der Waals surface area contributed by atoms with Crippen LogP contribution in [0.15, 0.2) is 65.6 Å². The molecule has 184 valence electrons. The number of hydrogen-bond acceptors (Lipinski definition) is 5. The SMILES string of the molecule is COc1cccc(CNC(=O)c2ccc(C)nc2C2CCN(S(=O)(=O)c3ccc(Cl)cc3)CC2)c1. The van der Waals surface area contributed by atoms with E-state index in [0.717, 1.165) is 22.7 Å². The molecule has 0 aliphatic carbocycles. The van der Waals surface area contributed by atoms with Gasteiger partial charge in [-0.3, -0.25) is 9.78 Å². The highest BCUT2D eigenvalue weighted by molar-refractivity contribution is 7.89. The molecule has 1 aromatic heterocycles. The number of methoxy groups -OCH3 is 1. The van der Waals surface area contributed by atoms with Crippen molar-refractivity contribution in [2.75, 3.05) is 20.2 Å². The van der Waals surface area contributed by atoms with Gasteiger partial charge in [-0.05, 0) is 73.9 Å². The Kier molecular flexibility index (Phi) is 7.74. The lowest BCUT2D eigenvalue weighted by Gasteiger charge is -2.31. The Morgan fingerprint density at radius 2 is 1.83 bits per heavy atom. The molecule has 9 heteroatoms. The lowest BCUT2D eigenvalue weighted by Crippen LogP contribution is -2.38. The van der Waals surface area contributed by atoms with Crippen LogP contribution < -0.4 is 10.1 Å². The summed E-state index contributed by atoms with van der Waals surface area (Å²) in [5.41, 5.74) is 3.00. The quantitative estimate of drug-likeness (QED) is 0.500. The second-order valence-electron chi connectivity index (χ2n) is 8.55. The predicted octanol–water partition coefficient (Wildman–Crippen LogP) is 4.55. The van der Waals surface area contributed by atoms with E-state index in [1.807, 2.05) is 37.3 Å². The smallest absolute Gasteiger partial charge is 0.253 e. The zero-order valence-corrected chi connectivity index (χ0v) is 21.3. The van der Waals surface area contributed by atoms with Crippen molar-refractivity contribution in [3.05, 3.63) is 88.2 Å². The van der Waals surface area contributed by atoms with E-state index in [0.29, 0.717) is 43.1 Å². The van der Waals surface area contributed by atoms with Crippen LogP contribution in [0.25, 0.3) is 0 Å². The van der Waals surface area contributed by atoms with Gasteiger partial charge in [0.2, 0.25) is 10.0 Å². The molecule has 1 saturated heterocycles. The third kappa shape index (κ3) is 5.83. The van der Waals surface area contributed by atoms with E-state index in [1.165, 1.54) is 16.4 Å². The minimum Gasteiger partial charge on any atom is -0.497 e. The van der Waals surface area contributed by atoms with Crippen molar-refractivity contribution in [2.24, 2.45) is 0 Å². The molecule has 35 heavy (non-hydrogen) atoms. The van der Waals surface area contributed by atoms with Crippen LogP contribution in [-0.2, 0) is 16.6 Å². The average molecular weight is 514 g/mol. The standard InChI is InChI=1S/C26H28ClN3O4S/c1-18-6-11-24(26(31)28-17-19-4-3-5-22(16-19)34-2)25(29-18)20-12-14-30(15-13-20)35(32,33)23-9-7-21(27)8-10-23/h3-11,16,20H,12-15,17H2,1-2H3,(H,28,31). The number of nitrogens with one attached hydrogen (secondary N) is 1. The summed E-state index contributed by atoms with van der Waals surface area (Å²) in [6, 6.07) is 17.4. The summed E-state index contributed by atoms with van der Waals surface area (Å²) in [5.74, 6) is 0.519. The van der Waals surface area contributed by atoms with E-state index in [2.05, 4.69) is 5.32 Å². The maximum atomic E-state index is 13.1. The molecule has 0 bridgehead atoms. The van der Waals surface area contributed by atoms with Gasteiger partial charge in [-0.15, -0.1) is 0 Å². The van der Waals surface area contributed by atoms with E-state index < -0.39 is 10.0 Å². The molecule has 0 spiro atoms. The van der Waals surface area contributed by atoms with Gasteiger partial charge >= 0.3 is 0 Å². The Hall–Kier alpha value is -2.94. The first-order chi connectivity index (χ1) is 16.8. The van der Waals surface area contributed by atoms with Crippen molar-refractivity contribution in [3.8, 4) is 5.75 Å². The Balaban J connectivity index is 1.46. The summed E-state index contributed by atoms with van der Waals surface area (Å²) in [6.45, 7) is 2.97. The molecule has 4 rings (SSSR count). The molecule has 1 aliphatic rings. The molecule has 2 heterocycles. The minimum atomic E-state index is -3.60. The number of pyridine rings is 1. The highest BCUT2D eigenvalue weighted by Crippen LogP contribution is 2.32. The van der Waals surface area contributed by atoms with Gasteiger partial charge in [0.1, 0.15) is 5.75 Å². The van der Waals surface area contributed by atoms with Gasteiger partial charge in [0, 0.05) is 36.3 Å². The topological polar surface area (TPSA) is 88.6 Å². The van der Waals surface area contributed by atoms with Crippen molar-refractivity contribution in [3.63, 3.8) is 0 Å². The van der Waals surface area contributed by atoms with Crippen molar-refractivity contribution >= 4 is 27.5 Å². The summed E-state index contributed by atoms with van der Waals surface area (Å²) >= 11 is 5.90. The number of sulfonamides is 1. The number of ether oxygens (including phenoxy) is 1. The normalized spacial score (nSPS) is 15.1. The first-order valence-corrected chi connectivity index (χ1v) is 13.2. The van der Waals surface area contributed by atoms with Crippen molar-refractivity contribution in [2.45, 2.75) is 37.1 Å².